The SMILES string of the molecule is CS(=O)(=O)N(CC1CCOCC1)c1cc2oc(-c3ccc(Oc4ccc(F)cc4)cc3)c(C(=O)OC(N)=O)c2cc1C1CC1. The molecule has 2 N–H and O–H groups in total. The third kappa shape index (κ3) is 6.41. The van der Waals surface area contributed by atoms with Gasteiger partial charge in [0.05, 0.1) is 11.9 Å². The number of nitrogens with two attached hydrogens (primary N) is 1. The molecule has 0 spiro atoms. The standard InChI is InChI=1S/C32H31FN2O8S/c1-44(38,39)35(18-19-12-14-40-15-13-19)27-17-28-26(16-25(27)20-2-3-20)29(31(36)43-32(34)37)30(42-28)21-4-8-23(9-5-21)41-24-10-6-22(33)7-11-24/h4-11,16-17,19-20H,2-3,12-15,18H2,1H3,(H2,34,37). The highest BCUT2D eigenvalue weighted by Gasteiger charge is 2.34. The van der Waals surface area contributed by atoms with E-state index in [0.717, 1.165) is 31.2 Å². The fourth-order valence-electron chi connectivity index (χ4n) is 5.52. The van der Waals surface area contributed by atoms with Crippen molar-refractivity contribution in [3.8, 4) is 22.8 Å². The van der Waals surface area contributed by atoms with E-state index in [1.54, 1.807) is 36.4 Å². The molecule has 10 nitrogen and oxygen atoms in total. The molecule has 1 saturated heterocycles. The van der Waals surface area contributed by atoms with E-state index in [2.05, 4.69) is 0 Å². The summed E-state index contributed by atoms with van der Waals surface area (Å²) in [5, 5.41) is 0.378. The minimum absolute atomic E-state index is 0.00483. The summed E-state index contributed by atoms with van der Waals surface area (Å²) in [6, 6.07) is 15.6. The lowest BCUT2D eigenvalue weighted by Gasteiger charge is -2.31. The summed E-state index contributed by atoms with van der Waals surface area (Å²) in [6.45, 7) is 1.46. The molecule has 0 unspecified atom stereocenters. The van der Waals surface area contributed by atoms with E-state index < -0.39 is 22.1 Å². The second kappa shape index (κ2) is 11.9. The van der Waals surface area contributed by atoms with Gasteiger partial charge in [0.25, 0.3) is 0 Å². The number of carbonyl (C=O) groups is 2. The van der Waals surface area contributed by atoms with E-state index in [4.69, 9.17) is 24.4 Å². The Hall–Kier alpha value is -4.42. The van der Waals surface area contributed by atoms with Crippen LogP contribution in [0.1, 0.15) is 47.5 Å². The smallest absolute Gasteiger partial charge is 0.412 e. The fourth-order valence-corrected chi connectivity index (χ4v) is 6.52. The van der Waals surface area contributed by atoms with Gasteiger partial charge < -0.3 is 24.4 Å². The number of nitrogens with zero attached hydrogens (tertiary/aromatic N) is 1. The molecule has 2 heterocycles. The number of sulfonamides is 1. The van der Waals surface area contributed by atoms with E-state index in [-0.39, 0.29) is 34.6 Å². The zero-order valence-electron chi connectivity index (χ0n) is 24.0. The highest BCUT2D eigenvalue weighted by Crippen LogP contribution is 2.48. The molecule has 1 aliphatic heterocycles. The lowest BCUT2D eigenvalue weighted by Crippen LogP contribution is -2.37. The Bertz CT molecular complexity index is 1810. The Morgan fingerprint density at radius 3 is 2.20 bits per heavy atom. The van der Waals surface area contributed by atoms with Crippen molar-refractivity contribution in [2.75, 3.05) is 30.3 Å². The molecule has 1 aliphatic carbocycles. The monoisotopic (exact) mass is 622 g/mol. The van der Waals surface area contributed by atoms with Gasteiger partial charge in [-0.2, -0.15) is 0 Å². The summed E-state index contributed by atoms with van der Waals surface area (Å²) in [5.41, 5.74) is 7.19. The molecular weight excluding hydrogens is 591 g/mol. The molecule has 12 heteroatoms. The van der Waals surface area contributed by atoms with Crippen LogP contribution >= 0.6 is 0 Å². The lowest BCUT2D eigenvalue weighted by molar-refractivity contribution is 0.0640. The van der Waals surface area contributed by atoms with Crippen molar-refractivity contribution >= 4 is 38.7 Å². The maximum atomic E-state index is 13.3. The summed E-state index contributed by atoms with van der Waals surface area (Å²) in [4.78, 5) is 24.8. The fraction of sp³-hybridized carbons (Fsp3) is 0.312. The minimum atomic E-state index is -3.67. The molecule has 44 heavy (non-hydrogen) atoms. The zero-order valence-corrected chi connectivity index (χ0v) is 24.8. The van der Waals surface area contributed by atoms with Crippen LogP contribution in [0.25, 0.3) is 22.3 Å². The average molecular weight is 623 g/mol. The van der Waals surface area contributed by atoms with Gasteiger partial charge in [-0.15, -0.1) is 0 Å². The van der Waals surface area contributed by atoms with Gasteiger partial charge in [-0.3, -0.25) is 4.31 Å². The van der Waals surface area contributed by atoms with Crippen LogP contribution in [0.2, 0.25) is 0 Å². The maximum absolute atomic E-state index is 13.3. The van der Waals surface area contributed by atoms with Crippen LogP contribution in [0, 0.1) is 11.7 Å². The quantitative estimate of drug-likeness (QED) is 0.169. The topological polar surface area (TPSA) is 138 Å². The van der Waals surface area contributed by atoms with E-state index in [1.165, 1.54) is 34.8 Å². The molecule has 0 radical (unpaired) electrons. The van der Waals surface area contributed by atoms with Crippen LogP contribution in [-0.2, 0) is 19.5 Å². The number of furan rings is 1. The third-order valence-corrected chi connectivity index (χ3v) is 9.00. The summed E-state index contributed by atoms with van der Waals surface area (Å²) >= 11 is 0. The van der Waals surface area contributed by atoms with Crippen molar-refractivity contribution in [2.45, 2.75) is 31.6 Å². The third-order valence-electron chi connectivity index (χ3n) is 7.85. The largest absolute Gasteiger partial charge is 0.457 e. The van der Waals surface area contributed by atoms with Gasteiger partial charge in [0.15, 0.2) is 0 Å². The Kier molecular flexibility index (Phi) is 8.04. The first kappa shape index (κ1) is 29.6. The summed E-state index contributed by atoms with van der Waals surface area (Å²) in [7, 11) is -3.67. The molecule has 4 aromatic rings. The predicted molar refractivity (Wildman–Crippen MR) is 161 cm³/mol. The zero-order chi connectivity index (χ0) is 31.0. The molecular formula is C32H31FN2O8S. The number of benzene rings is 3. The number of anilines is 1. The van der Waals surface area contributed by atoms with Crippen molar-refractivity contribution < 1.29 is 41.0 Å². The van der Waals surface area contributed by atoms with Gasteiger partial charge >= 0.3 is 12.1 Å². The summed E-state index contributed by atoms with van der Waals surface area (Å²) < 4.78 is 63.3. The number of hydrogen-bond acceptors (Lipinski definition) is 8. The number of fused-ring (bicyclic) bond motifs is 1. The van der Waals surface area contributed by atoms with Gasteiger partial charge in [-0.1, -0.05) is 0 Å². The van der Waals surface area contributed by atoms with Crippen molar-refractivity contribution in [1.82, 2.24) is 0 Å². The highest BCUT2D eigenvalue weighted by molar-refractivity contribution is 7.92. The van der Waals surface area contributed by atoms with Crippen LogP contribution in [-0.4, -0.2) is 46.5 Å². The predicted octanol–water partition coefficient (Wildman–Crippen LogP) is 6.34. The van der Waals surface area contributed by atoms with Crippen molar-refractivity contribution in [1.29, 1.82) is 0 Å². The maximum Gasteiger partial charge on any atom is 0.412 e. The van der Waals surface area contributed by atoms with Gasteiger partial charge in [0.1, 0.15) is 34.2 Å². The normalized spacial score (nSPS) is 15.7. The number of primary amides is 1. The van der Waals surface area contributed by atoms with E-state index in [0.29, 0.717) is 47.9 Å². The second-order valence-electron chi connectivity index (χ2n) is 11.1. The van der Waals surface area contributed by atoms with Crippen molar-refractivity contribution in [2.24, 2.45) is 11.7 Å². The molecule has 2 aliphatic rings. The van der Waals surface area contributed by atoms with Crippen LogP contribution in [0.4, 0.5) is 14.9 Å². The first-order valence-electron chi connectivity index (χ1n) is 14.3. The van der Waals surface area contributed by atoms with Crippen molar-refractivity contribution in [3.05, 3.63) is 77.6 Å². The first-order valence-corrected chi connectivity index (χ1v) is 16.1. The molecule has 1 aromatic heterocycles. The number of hydrogen-bond donors (Lipinski definition) is 1. The number of amides is 1. The van der Waals surface area contributed by atoms with Crippen LogP contribution < -0.4 is 14.8 Å². The van der Waals surface area contributed by atoms with Crippen LogP contribution in [0.5, 0.6) is 11.5 Å². The van der Waals surface area contributed by atoms with Crippen LogP contribution in [0.3, 0.4) is 0 Å². The molecule has 0 bridgehead atoms. The molecule has 0 atom stereocenters. The molecule has 230 valence electrons. The minimum Gasteiger partial charge on any atom is -0.457 e. The molecule has 3 aromatic carbocycles. The van der Waals surface area contributed by atoms with Gasteiger partial charge in [0, 0.05) is 36.8 Å². The molecule has 1 amide bonds. The van der Waals surface area contributed by atoms with E-state index in [9.17, 15) is 22.4 Å². The Balaban J connectivity index is 1.44. The van der Waals surface area contributed by atoms with E-state index >= 15 is 0 Å². The first-order chi connectivity index (χ1) is 21.1. The second-order valence-corrected chi connectivity index (χ2v) is 13.0. The van der Waals surface area contributed by atoms with Gasteiger partial charge in [-0.25, -0.2) is 22.4 Å². The molecule has 6 rings (SSSR count). The van der Waals surface area contributed by atoms with Crippen molar-refractivity contribution in [3.63, 3.8) is 0 Å². The summed E-state index contributed by atoms with van der Waals surface area (Å²) in [6.07, 6.45) is 3.16. The van der Waals surface area contributed by atoms with E-state index in [1.807, 2.05) is 0 Å². The average Bonchev–Trinajstić information content (AvgIpc) is 3.76. The van der Waals surface area contributed by atoms with Gasteiger partial charge in [0.2, 0.25) is 10.0 Å². The molecule has 2 fully saturated rings. The number of halogens is 1. The number of rotatable bonds is 9. The number of ether oxygens (including phenoxy) is 3. The molecule has 1 saturated carbocycles. The number of carbonyl (C=O) groups excluding carboxylic acids is 2. The highest BCUT2D eigenvalue weighted by atomic mass is 32.2. The van der Waals surface area contributed by atoms with Gasteiger partial charge in [-0.05, 0) is 97.7 Å². The van der Waals surface area contributed by atoms with Crippen LogP contribution in [0.15, 0.2) is 65.1 Å². The lowest BCUT2D eigenvalue weighted by atomic mass is 9.98. The Morgan fingerprint density at radius 2 is 1.61 bits per heavy atom. The Labute approximate surface area is 253 Å². The Morgan fingerprint density at radius 1 is 0.977 bits per heavy atom. The summed E-state index contributed by atoms with van der Waals surface area (Å²) in [5.74, 6) is -0.134. The number of esters is 1.